The van der Waals surface area contributed by atoms with Gasteiger partial charge in [-0.1, -0.05) is 0 Å². The van der Waals surface area contributed by atoms with Crippen LogP contribution < -0.4 is 0 Å². The van der Waals surface area contributed by atoms with Crippen molar-refractivity contribution in [2.24, 2.45) is 0 Å². The first-order valence-electron chi connectivity index (χ1n) is 2.34. The molecular weight excluding hydrogens is 156 g/mol. The Morgan fingerprint density at radius 3 is 2.10 bits per heavy atom. The molecule has 0 aromatic rings. The first-order chi connectivity index (χ1) is 4.56. The minimum Gasteiger partial charge on any atom is -0.346 e. The highest BCUT2D eigenvalue weighted by Gasteiger charge is 2.27. The smallest absolute Gasteiger partial charge is 0.346 e. The van der Waals surface area contributed by atoms with Gasteiger partial charge in [-0.25, -0.2) is 4.39 Å². The topological polar surface area (TPSA) is 18.5 Å². The van der Waals surface area contributed by atoms with E-state index in [-0.39, 0.29) is 0 Å². The molecule has 62 valence electrons. The molecule has 0 N–H and O–H groups in total. The van der Waals surface area contributed by atoms with E-state index in [0.29, 0.717) is 0 Å². The Bertz CT molecular complexity index is 81.8. The lowest BCUT2D eigenvalue weighted by molar-refractivity contribution is -0.201. The summed E-state index contributed by atoms with van der Waals surface area (Å²) in [7, 11) is 0. The fourth-order valence-electron chi connectivity index (χ4n) is 0.248. The Morgan fingerprint density at radius 1 is 1.10 bits per heavy atom. The second-order valence-electron chi connectivity index (χ2n) is 1.39. The van der Waals surface area contributed by atoms with E-state index in [4.69, 9.17) is 0 Å². The monoisotopic (exact) mass is 162 g/mol. The average Bonchev–Trinajstić information content (AvgIpc) is 1.78. The molecule has 0 saturated carbocycles. The van der Waals surface area contributed by atoms with Gasteiger partial charge in [0.25, 0.3) is 0 Å². The van der Waals surface area contributed by atoms with Gasteiger partial charge in [-0.05, 0) is 0 Å². The maximum Gasteiger partial charge on any atom is 0.411 e. The number of hydrogen-bond acceptors (Lipinski definition) is 2. The normalized spacial score (nSPS) is 12.0. The summed E-state index contributed by atoms with van der Waals surface area (Å²) < 4.78 is 52.3. The van der Waals surface area contributed by atoms with Crippen LogP contribution in [0.5, 0.6) is 0 Å². The molecular formula is C4H6F4O2. The van der Waals surface area contributed by atoms with Crippen LogP contribution >= 0.6 is 0 Å². The minimum absolute atomic E-state index is 0.671. The highest BCUT2D eigenvalue weighted by molar-refractivity contribution is 4.42. The van der Waals surface area contributed by atoms with E-state index in [1.54, 1.807) is 0 Å². The van der Waals surface area contributed by atoms with Crippen LogP contribution in [0.1, 0.15) is 0 Å². The second kappa shape index (κ2) is 4.45. The summed E-state index contributed by atoms with van der Waals surface area (Å²) in [5.74, 6) is 0. The zero-order valence-electron chi connectivity index (χ0n) is 4.95. The predicted octanol–water partition coefficient (Wildman–Crippen LogP) is 1.47. The van der Waals surface area contributed by atoms with Crippen molar-refractivity contribution in [3.63, 3.8) is 0 Å². The zero-order valence-corrected chi connectivity index (χ0v) is 4.95. The van der Waals surface area contributed by atoms with Gasteiger partial charge in [-0.2, -0.15) is 13.2 Å². The van der Waals surface area contributed by atoms with Crippen LogP contribution in [-0.4, -0.2) is 26.4 Å². The molecule has 0 rings (SSSR count). The van der Waals surface area contributed by atoms with Crippen LogP contribution in [0.25, 0.3) is 0 Å². The van der Waals surface area contributed by atoms with E-state index < -0.39 is 26.4 Å². The molecule has 0 aromatic heterocycles. The molecule has 0 atom stereocenters. The van der Waals surface area contributed by atoms with Crippen LogP contribution in [-0.2, 0) is 9.47 Å². The van der Waals surface area contributed by atoms with Gasteiger partial charge >= 0.3 is 6.18 Å². The lowest BCUT2D eigenvalue weighted by Crippen LogP contribution is -2.18. The van der Waals surface area contributed by atoms with Crippen LogP contribution in [0.2, 0.25) is 0 Å². The summed E-state index contributed by atoms with van der Waals surface area (Å²) in [5, 5.41) is 0. The molecule has 0 aromatic carbocycles. The third-order valence-electron chi connectivity index (χ3n) is 0.510. The van der Waals surface area contributed by atoms with E-state index in [1.807, 2.05) is 0 Å². The van der Waals surface area contributed by atoms with Crippen LogP contribution in [0.4, 0.5) is 17.6 Å². The fourth-order valence-corrected chi connectivity index (χ4v) is 0.248. The van der Waals surface area contributed by atoms with E-state index >= 15 is 0 Å². The molecule has 0 aliphatic rings. The van der Waals surface area contributed by atoms with Crippen molar-refractivity contribution in [1.82, 2.24) is 0 Å². The van der Waals surface area contributed by atoms with E-state index in [1.165, 1.54) is 0 Å². The number of alkyl halides is 4. The van der Waals surface area contributed by atoms with Crippen molar-refractivity contribution in [2.75, 3.05) is 20.3 Å². The Labute approximate surface area is 54.7 Å². The SMILES string of the molecule is FCOCOCC(F)(F)F. The summed E-state index contributed by atoms with van der Waals surface area (Å²) in [6.07, 6.45) is -4.38. The summed E-state index contributed by atoms with van der Waals surface area (Å²) in [5.41, 5.74) is 0. The maximum absolute atomic E-state index is 11.2. The largest absolute Gasteiger partial charge is 0.411 e. The average molecular weight is 162 g/mol. The number of ether oxygens (including phenoxy) is 2. The van der Waals surface area contributed by atoms with Gasteiger partial charge in [0, 0.05) is 0 Å². The lowest BCUT2D eigenvalue weighted by Gasteiger charge is -2.05. The van der Waals surface area contributed by atoms with Crippen LogP contribution in [0.15, 0.2) is 0 Å². The molecule has 0 unspecified atom stereocenters. The highest BCUT2D eigenvalue weighted by atomic mass is 19.4. The molecule has 0 spiro atoms. The van der Waals surface area contributed by atoms with Crippen molar-refractivity contribution >= 4 is 0 Å². The number of hydrogen-bond donors (Lipinski definition) is 0. The summed E-state index contributed by atoms with van der Waals surface area (Å²) >= 11 is 0. The van der Waals surface area contributed by atoms with Gasteiger partial charge in [0.2, 0.25) is 0 Å². The van der Waals surface area contributed by atoms with Crippen molar-refractivity contribution < 1.29 is 27.0 Å². The first kappa shape index (κ1) is 9.64. The number of halogens is 4. The molecule has 0 saturated heterocycles. The van der Waals surface area contributed by atoms with Crippen molar-refractivity contribution in [2.45, 2.75) is 6.18 Å². The third-order valence-corrected chi connectivity index (χ3v) is 0.510. The molecule has 6 heteroatoms. The molecule has 0 bridgehead atoms. The predicted molar refractivity (Wildman–Crippen MR) is 23.9 cm³/mol. The summed E-state index contributed by atoms with van der Waals surface area (Å²) in [4.78, 5) is 0. The molecule has 0 aliphatic heterocycles. The molecule has 0 fully saturated rings. The Kier molecular flexibility index (Phi) is 4.29. The lowest BCUT2D eigenvalue weighted by atomic mass is 10.7. The Morgan fingerprint density at radius 2 is 1.70 bits per heavy atom. The molecule has 0 aliphatic carbocycles. The standard InChI is InChI=1S/C4H6F4O2/c5-2-10-3-9-1-4(6,7)8/h1-3H2. The molecule has 2 nitrogen and oxygen atoms in total. The zero-order chi connectivity index (χ0) is 8.04. The van der Waals surface area contributed by atoms with Crippen LogP contribution in [0.3, 0.4) is 0 Å². The number of rotatable bonds is 4. The van der Waals surface area contributed by atoms with E-state index in [2.05, 4.69) is 9.47 Å². The van der Waals surface area contributed by atoms with E-state index in [9.17, 15) is 17.6 Å². The van der Waals surface area contributed by atoms with Gasteiger partial charge in [0.15, 0.2) is 6.86 Å². The molecule has 0 heterocycles. The highest BCUT2D eigenvalue weighted by Crippen LogP contribution is 2.13. The van der Waals surface area contributed by atoms with Crippen molar-refractivity contribution in [3.8, 4) is 0 Å². The Hall–Kier alpha value is -0.360. The quantitative estimate of drug-likeness (QED) is 0.354. The van der Waals surface area contributed by atoms with Gasteiger partial charge in [-0.15, -0.1) is 0 Å². The Balaban J connectivity index is 3.04. The first-order valence-corrected chi connectivity index (χ1v) is 2.34. The fraction of sp³-hybridized carbons (Fsp3) is 1.00. The maximum atomic E-state index is 11.2. The van der Waals surface area contributed by atoms with E-state index in [0.717, 1.165) is 0 Å². The summed E-state index contributed by atoms with van der Waals surface area (Å²) in [6.45, 7) is -3.22. The van der Waals surface area contributed by atoms with Crippen molar-refractivity contribution in [3.05, 3.63) is 0 Å². The minimum atomic E-state index is -4.38. The molecule has 0 radical (unpaired) electrons. The van der Waals surface area contributed by atoms with Gasteiger partial charge in [0.1, 0.15) is 13.4 Å². The van der Waals surface area contributed by atoms with Gasteiger partial charge < -0.3 is 9.47 Å². The van der Waals surface area contributed by atoms with Crippen molar-refractivity contribution in [1.29, 1.82) is 0 Å². The van der Waals surface area contributed by atoms with Crippen LogP contribution in [0, 0.1) is 0 Å². The molecule has 0 amide bonds. The molecule has 10 heavy (non-hydrogen) atoms. The summed E-state index contributed by atoms with van der Waals surface area (Å²) in [6, 6.07) is 0. The van der Waals surface area contributed by atoms with Gasteiger partial charge in [-0.3, -0.25) is 0 Å². The van der Waals surface area contributed by atoms with Gasteiger partial charge in [0.05, 0.1) is 0 Å². The second-order valence-corrected chi connectivity index (χ2v) is 1.39. The third kappa shape index (κ3) is 7.64.